The number of nitrogens with one attached hydrogen (secondary N) is 2. The van der Waals surface area contributed by atoms with E-state index in [1.807, 2.05) is 36.4 Å². The number of amides is 2. The molecular weight excluding hydrogens is 580 g/mol. The molecule has 0 bridgehead atoms. The molecule has 6 N–H and O–H groups in total. The Labute approximate surface area is 261 Å². The number of carbonyl (C=O) groups excluding carboxylic acids is 2. The first kappa shape index (κ1) is 32.7. The monoisotopic (exact) mass is 620 g/mol. The maximum atomic E-state index is 13.7. The Hall–Kier alpha value is -3.68. The summed E-state index contributed by atoms with van der Waals surface area (Å²) in [5.41, 5.74) is 3.09. The summed E-state index contributed by atoms with van der Waals surface area (Å²) in [5.74, 6) is -1.48. The number of aliphatic hydroxyl groups is 4. The van der Waals surface area contributed by atoms with Crippen LogP contribution in [0.1, 0.15) is 34.7 Å². The predicted octanol–water partition coefficient (Wildman–Crippen LogP) is 0.920. The van der Waals surface area contributed by atoms with E-state index in [-0.39, 0.29) is 26.4 Å². The normalized spacial score (nSPS) is 23.5. The van der Waals surface area contributed by atoms with Gasteiger partial charge in [0.15, 0.2) is 12.2 Å². The quantitative estimate of drug-likeness (QED) is 0.154. The lowest BCUT2D eigenvalue weighted by molar-refractivity contribution is -0.171. The van der Waals surface area contributed by atoms with Crippen LogP contribution in [0.15, 0.2) is 84.9 Å². The molecule has 11 heteroatoms. The first-order chi connectivity index (χ1) is 21.8. The zero-order chi connectivity index (χ0) is 31.8. The largest absolute Gasteiger partial charge is 0.394 e. The molecule has 45 heavy (non-hydrogen) atoms. The number of hydrogen-bond acceptors (Lipinski definition) is 9. The average Bonchev–Trinajstić information content (AvgIpc) is 3.65. The van der Waals surface area contributed by atoms with Crippen molar-refractivity contribution in [1.29, 1.82) is 0 Å². The molecule has 0 aromatic heterocycles. The van der Waals surface area contributed by atoms with Gasteiger partial charge in [-0.25, -0.2) is 0 Å². The number of ether oxygens (including phenoxy) is 3. The van der Waals surface area contributed by atoms with Crippen LogP contribution in [0, 0.1) is 0 Å². The first-order valence-electron chi connectivity index (χ1n) is 15.1. The maximum Gasteiger partial charge on any atom is 0.252 e. The van der Waals surface area contributed by atoms with Gasteiger partial charge in [-0.3, -0.25) is 9.59 Å². The van der Waals surface area contributed by atoms with Gasteiger partial charge in [-0.2, -0.15) is 0 Å². The van der Waals surface area contributed by atoms with Crippen molar-refractivity contribution < 1.29 is 44.2 Å². The highest BCUT2D eigenvalue weighted by Crippen LogP contribution is 2.31. The van der Waals surface area contributed by atoms with Crippen LogP contribution >= 0.6 is 0 Å². The van der Waals surface area contributed by atoms with Gasteiger partial charge < -0.3 is 45.3 Å². The number of fused-ring (bicyclic) bond motifs is 1. The highest BCUT2D eigenvalue weighted by molar-refractivity contribution is 5.84. The van der Waals surface area contributed by atoms with E-state index in [2.05, 4.69) is 10.6 Å². The average molecular weight is 621 g/mol. The summed E-state index contributed by atoms with van der Waals surface area (Å²) in [6, 6.07) is 24.2. The molecule has 0 unspecified atom stereocenters. The second kappa shape index (κ2) is 15.5. The van der Waals surface area contributed by atoms with Gasteiger partial charge in [-0.1, -0.05) is 84.9 Å². The number of aliphatic hydroxyl groups excluding tert-OH is 4. The second-order valence-electron chi connectivity index (χ2n) is 11.5. The van der Waals surface area contributed by atoms with Crippen molar-refractivity contribution in [3.8, 4) is 0 Å². The van der Waals surface area contributed by atoms with Crippen molar-refractivity contribution in [2.75, 3.05) is 13.2 Å². The molecule has 3 aromatic carbocycles. The fraction of sp³-hybridized carbons (Fsp3) is 0.412. The van der Waals surface area contributed by atoms with E-state index in [9.17, 15) is 30.0 Å². The number of rotatable bonds is 14. The van der Waals surface area contributed by atoms with Crippen LogP contribution < -0.4 is 10.6 Å². The minimum Gasteiger partial charge on any atom is -0.394 e. The minimum atomic E-state index is -1.90. The molecule has 0 spiro atoms. The summed E-state index contributed by atoms with van der Waals surface area (Å²) in [6.07, 6.45) is -7.64. The Morgan fingerprint density at radius 2 is 1.33 bits per heavy atom. The smallest absolute Gasteiger partial charge is 0.252 e. The standard InChI is InChI=1S/C34H40N2O9/c37-17-25-16-24(20-43-25)35-33(41)31(44-18-21-9-3-1-4-10-21)29(39)30(40)32(45-19-22-11-5-2-6-12-22)34(42)36-28-26-14-8-7-13-23(26)15-27(28)38/h1-14,24-25,27-32,37-40H,15-20H2,(H,35,41)(H,36,42)/t24-,25-,27-,28-,29-,30-,31+,32+/m1/s1. The van der Waals surface area contributed by atoms with E-state index >= 15 is 0 Å². The molecule has 3 aromatic rings. The van der Waals surface area contributed by atoms with Crippen LogP contribution in [0.25, 0.3) is 0 Å². The molecule has 2 amide bonds. The van der Waals surface area contributed by atoms with Crippen LogP contribution in [0.5, 0.6) is 0 Å². The van der Waals surface area contributed by atoms with Crippen molar-refractivity contribution >= 4 is 11.8 Å². The highest BCUT2D eigenvalue weighted by Gasteiger charge is 2.43. The Bertz CT molecular complexity index is 1390. The fourth-order valence-electron chi connectivity index (χ4n) is 5.74. The van der Waals surface area contributed by atoms with Crippen molar-refractivity contribution in [3.05, 3.63) is 107 Å². The zero-order valence-electron chi connectivity index (χ0n) is 24.8. The molecule has 1 saturated heterocycles. The molecule has 5 rings (SSSR count). The molecule has 0 radical (unpaired) electrons. The lowest BCUT2D eigenvalue weighted by atomic mass is 9.99. The summed E-state index contributed by atoms with van der Waals surface area (Å²) in [4.78, 5) is 27.2. The van der Waals surface area contributed by atoms with Gasteiger partial charge >= 0.3 is 0 Å². The Balaban J connectivity index is 1.36. The molecule has 1 fully saturated rings. The third kappa shape index (κ3) is 8.33. The summed E-state index contributed by atoms with van der Waals surface area (Å²) in [7, 11) is 0. The molecule has 0 saturated carbocycles. The van der Waals surface area contributed by atoms with Crippen LogP contribution in [0.3, 0.4) is 0 Å². The van der Waals surface area contributed by atoms with Crippen LogP contribution in [-0.4, -0.2) is 88.1 Å². The highest BCUT2D eigenvalue weighted by atomic mass is 16.5. The third-order valence-electron chi connectivity index (χ3n) is 8.16. The molecule has 1 heterocycles. The number of hydrogen-bond donors (Lipinski definition) is 6. The molecule has 240 valence electrons. The lowest BCUT2D eigenvalue weighted by Crippen LogP contribution is -2.57. The maximum absolute atomic E-state index is 13.7. The Kier molecular flexibility index (Phi) is 11.3. The van der Waals surface area contributed by atoms with Gasteiger partial charge in [0.25, 0.3) is 11.8 Å². The van der Waals surface area contributed by atoms with Crippen LogP contribution in [0.4, 0.5) is 0 Å². The Morgan fingerprint density at radius 1 is 0.800 bits per heavy atom. The second-order valence-corrected chi connectivity index (χ2v) is 11.5. The van der Waals surface area contributed by atoms with E-state index in [0.717, 1.165) is 22.3 Å². The summed E-state index contributed by atoms with van der Waals surface area (Å²) in [5, 5.41) is 48.7. The van der Waals surface area contributed by atoms with E-state index in [1.54, 1.807) is 48.5 Å². The van der Waals surface area contributed by atoms with E-state index in [1.165, 1.54) is 0 Å². The summed E-state index contributed by atoms with van der Waals surface area (Å²) in [6.45, 7) is -0.166. The van der Waals surface area contributed by atoms with Crippen molar-refractivity contribution in [2.24, 2.45) is 0 Å². The summed E-state index contributed by atoms with van der Waals surface area (Å²) >= 11 is 0. The third-order valence-corrected chi connectivity index (χ3v) is 8.16. The minimum absolute atomic E-state index is 0.0596. The van der Waals surface area contributed by atoms with Crippen molar-refractivity contribution in [1.82, 2.24) is 10.6 Å². The van der Waals surface area contributed by atoms with E-state index in [4.69, 9.17) is 14.2 Å². The molecule has 2 aliphatic rings. The predicted molar refractivity (Wildman–Crippen MR) is 162 cm³/mol. The van der Waals surface area contributed by atoms with Crippen molar-refractivity contribution in [2.45, 2.75) is 74.8 Å². The van der Waals surface area contributed by atoms with Gasteiger partial charge in [0.05, 0.1) is 50.7 Å². The van der Waals surface area contributed by atoms with Crippen LogP contribution in [-0.2, 0) is 43.4 Å². The Morgan fingerprint density at radius 3 is 1.89 bits per heavy atom. The van der Waals surface area contributed by atoms with Crippen molar-refractivity contribution in [3.63, 3.8) is 0 Å². The number of benzene rings is 3. The molecule has 8 atom stereocenters. The van der Waals surface area contributed by atoms with Crippen LogP contribution in [0.2, 0.25) is 0 Å². The van der Waals surface area contributed by atoms with E-state index in [0.29, 0.717) is 12.8 Å². The SMILES string of the molecule is O=C(N[C@H]1CO[C@@H](CO)C1)[C@@H](OCc1ccccc1)[C@H](O)[C@@H](O)[C@H](OCc1ccccc1)C(=O)N[C@@H]1c2ccccc2C[C@H]1O. The topological polar surface area (TPSA) is 167 Å². The first-order valence-corrected chi connectivity index (χ1v) is 15.1. The summed E-state index contributed by atoms with van der Waals surface area (Å²) < 4.78 is 17.3. The van der Waals surface area contributed by atoms with Gasteiger partial charge in [0.2, 0.25) is 0 Å². The molecule has 1 aliphatic heterocycles. The number of carbonyl (C=O) groups is 2. The van der Waals surface area contributed by atoms with E-state index < -0.39 is 60.5 Å². The zero-order valence-corrected chi connectivity index (χ0v) is 24.8. The van der Waals surface area contributed by atoms with Gasteiger partial charge in [0, 0.05) is 6.42 Å². The molecular formula is C34H40N2O9. The van der Waals surface area contributed by atoms with Gasteiger partial charge in [-0.05, 0) is 28.7 Å². The lowest BCUT2D eigenvalue weighted by Gasteiger charge is -2.32. The van der Waals surface area contributed by atoms with Gasteiger partial charge in [0.1, 0.15) is 12.2 Å². The molecule has 11 nitrogen and oxygen atoms in total. The fourth-order valence-corrected chi connectivity index (χ4v) is 5.74. The van der Waals surface area contributed by atoms with Gasteiger partial charge in [-0.15, -0.1) is 0 Å². The molecule has 1 aliphatic carbocycles.